The molecule has 0 bridgehead atoms. The van der Waals surface area contributed by atoms with E-state index in [0.717, 1.165) is 9.80 Å². The summed E-state index contributed by atoms with van der Waals surface area (Å²) in [5.41, 5.74) is 0. The first-order valence-electron chi connectivity index (χ1n) is 32.0. The Balaban J connectivity index is 4.42. The molecular formula is C65H117N11O12. The molecular weight excluding hydrogens is 1130 g/mol. The predicted octanol–water partition coefficient (Wildman–Crippen LogP) is 4.30. The van der Waals surface area contributed by atoms with Crippen molar-refractivity contribution in [1.29, 1.82) is 0 Å². The summed E-state index contributed by atoms with van der Waals surface area (Å²) in [4.78, 5) is 170. The van der Waals surface area contributed by atoms with Crippen LogP contribution in [0.2, 0.25) is 0 Å². The third-order valence-electron chi connectivity index (χ3n) is 16.7. The van der Waals surface area contributed by atoms with Crippen molar-refractivity contribution in [1.82, 2.24) is 55.6 Å². The van der Waals surface area contributed by atoms with E-state index < -0.39 is 156 Å². The number of hydrogen-bond donors (Lipinski definition) is 5. The predicted molar refractivity (Wildman–Crippen MR) is 342 cm³/mol. The average Bonchev–Trinajstić information content (AvgIpc) is 2.48. The third-order valence-corrected chi connectivity index (χ3v) is 16.7. The summed E-state index contributed by atoms with van der Waals surface area (Å²) >= 11 is 0. The van der Waals surface area contributed by atoms with Crippen molar-refractivity contribution in [3.05, 3.63) is 12.2 Å². The summed E-state index contributed by atoms with van der Waals surface area (Å²) in [5, 5.41) is 23.4. The summed E-state index contributed by atoms with van der Waals surface area (Å²) in [7, 11) is 9.98. The molecule has 0 spiro atoms. The van der Waals surface area contributed by atoms with Crippen LogP contribution >= 0.6 is 0 Å². The van der Waals surface area contributed by atoms with Crippen molar-refractivity contribution < 1.29 is 57.8 Å². The molecule has 23 nitrogen and oxygen atoms in total. The Morgan fingerprint density at radius 1 is 0.443 bits per heavy atom. The molecule has 0 aromatic rings. The van der Waals surface area contributed by atoms with E-state index in [4.69, 9.17) is 0 Å². The standard InChI is InChI=1S/C65H117N11O12/c1-26-28-29-43(17)55(78)54-59(82)67-45(27-2)61(84)70(19)35-51(77)71(20)47(31-37(5)6)58(81)69-52(41(13)14)64(87)72(21)48(32-38(7)8)57(80)68-46(30-36(3)4)56(79)66-44(18)60(83)73(22)49(33-39(9)10)62(85)74(23)50(34-40(11)12)63(86)75(24)53(42(15)16)65(88)76(54)25/h26,28,36-50,52-55,78H,27,29-35H2,1-25H3,(H,66,79)(H,67,82)(H,68,80)(H,69,81)/b28-26+/t43-,44-,45+,46+,47+,48+,49+,50+,52+,53+,54+,55-/m1/s1. The number of amides is 11. The number of rotatable bonds is 17. The van der Waals surface area contributed by atoms with Crippen LogP contribution in [0.1, 0.15) is 170 Å². The largest absolute Gasteiger partial charge is 0.390 e. The number of carbonyl (C=O) groups is 11. The molecule has 504 valence electrons. The number of carbonyl (C=O) groups excluding carboxylic acids is 11. The minimum atomic E-state index is -1.61. The van der Waals surface area contributed by atoms with Gasteiger partial charge in [-0.15, -0.1) is 0 Å². The van der Waals surface area contributed by atoms with E-state index in [1.807, 2.05) is 75.3 Å². The van der Waals surface area contributed by atoms with Gasteiger partial charge in [0.1, 0.15) is 60.4 Å². The number of hydrogen-bond acceptors (Lipinski definition) is 12. The fourth-order valence-corrected chi connectivity index (χ4v) is 11.3. The molecule has 0 aromatic heterocycles. The maximum atomic E-state index is 15.2. The molecule has 0 aliphatic carbocycles. The highest BCUT2D eigenvalue weighted by atomic mass is 16.3. The van der Waals surface area contributed by atoms with Crippen LogP contribution in [0.3, 0.4) is 0 Å². The highest BCUT2D eigenvalue weighted by molar-refractivity contribution is 5.99. The van der Waals surface area contributed by atoms with Crippen molar-refractivity contribution in [2.75, 3.05) is 55.9 Å². The molecule has 0 radical (unpaired) electrons. The number of aliphatic hydroxyl groups is 1. The summed E-state index contributed by atoms with van der Waals surface area (Å²) in [6.45, 7) is 31.8. The molecule has 5 N–H and O–H groups in total. The molecule has 1 heterocycles. The van der Waals surface area contributed by atoms with E-state index in [1.165, 1.54) is 80.8 Å². The van der Waals surface area contributed by atoms with Crippen LogP contribution in [0.4, 0.5) is 0 Å². The summed E-state index contributed by atoms with van der Waals surface area (Å²) in [6, 6.07) is -12.3. The van der Waals surface area contributed by atoms with Crippen molar-refractivity contribution in [3.8, 4) is 0 Å². The van der Waals surface area contributed by atoms with Crippen molar-refractivity contribution in [2.45, 2.75) is 236 Å². The van der Waals surface area contributed by atoms with E-state index in [-0.39, 0.29) is 68.1 Å². The van der Waals surface area contributed by atoms with Gasteiger partial charge < -0.3 is 60.7 Å². The van der Waals surface area contributed by atoms with Crippen molar-refractivity contribution >= 4 is 65.0 Å². The molecule has 0 unspecified atom stereocenters. The third kappa shape index (κ3) is 22.7. The van der Waals surface area contributed by atoms with E-state index in [1.54, 1.807) is 54.5 Å². The Kier molecular flexibility index (Phi) is 33.1. The first kappa shape index (κ1) is 79.9. The molecule has 11 amide bonds. The number of nitrogens with zero attached hydrogens (tertiary/aromatic N) is 7. The molecule has 1 fully saturated rings. The molecule has 1 saturated heterocycles. The van der Waals surface area contributed by atoms with Gasteiger partial charge in [-0.25, -0.2) is 0 Å². The van der Waals surface area contributed by atoms with Gasteiger partial charge in [0.25, 0.3) is 0 Å². The van der Waals surface area contributed by atoms with Crippen LogP contribution in [0, 0.1) is 47.3 Å². The summed E-state index contributed by atoms with van der Waals surface area (Å²) in [6.07, 6.45) is 3.19. The number of aliphatic hydroxyl groups excluding tert-OH is 1. The van der Waals surface area contributed by atoms with Gasteiger partial charge in [0.2, 0.25) is 65.0 Å². The highest BCUT2D eigenvalue weighted by Crippen LogP contribution is 2.26. The van der Waals surface area contributed by atoms with Crippen LogP contribution in [-0.2, 0) is 52.7 Å². The summed E-state index contributed by atoms with van der Waals surface area (Å²) < 4.78 is 0. The van der Waals surface area contributed by atoms with Gasteiger partial charge in [0.15, 0.2) is 0 Å². The Labute approximate surface area is 527 Å². The highest BCUT2D eigenvalue weighted by Gasteiger charge is 2.46. The van der Waals surface area contributed by atoms with Crippen LogP contribution in [0.25, 0.3) is 0 Å². The van der Waals surface area contributed by atoms with Gasteiger partial charge in [-0.2, -0.15) is 0 Å². The molecule has 88 heavy (non-hydrogen) atoms. The van der Waals surface area contributed by atoms with Crippen LogP contribution in [-0.4, -0.2) is 227 Å². The zero-order valence-electron chi connectivity index (χ0n) is 58.3. The monoisotopic (exact) mass is 1240 g/mol. The quantitative estimate of drug-likeness (QED) is 0.128. The fourth-order valence-electron chi connectivity index (χ4n) is 11.3. The van der Waals surface area contributed by atoms with Crippen molar-refractivity contribution in [2.24, 2.45) is 47.3 Å². The van der Waals surface area contributed by atoms with Crippen LogP contribution in [0.5, 0.6) is 0 Å². The lowest BCUT2D eigenvalue weighted by molar-refractivity contribution is -0.157. The maximum absolute atomic E-state index is 15.2. The van der Waals surface area contributed by atoms with Gasteiger partial charge >= 0.3 is 0 Å². The number of likely N-dealkylation sites (N-methyl/N-ethyl adjacent to an activating group) is 7. The molecule has 1 aliphatic rings. The fraction of sp³-hybridized carbons (Fsp3) is 0.800. The zero-order valence-corrected chi connectivity index (χ0v) is 58.3. The lowest BCUT2D eigenvalue weighted by Gasteiger charge is -2.41. The Bertz CT molecular complexity index is 2390. The second-order valence-corrected chi connectivity index (χ2v) is 27.6. The second-order valence-electron chi connectivity index (χ2n) is 27.6. The van der Waals surface area contributed by atoms with Gasteiger partial charge in [-0.1, -0.05) is 123 Å². The zero-order chi connectivity index (χ0) is 68.3. The van der Waals surface area contributed by atoms with E-state index >= 15 is 14.4 Å². The first-order chi connectivity index (χ1) is 40.6. The maximum Gasteiger partial charge on any atom is 0.246 e. The number of allylic oxidation sites excluding steroid dienone is 2. The molecule has 0 saturated carbocycles. The number of nitrogens with one attached hydrogen (secondary N) is 4. The van der Waals surface area contributed by atoms with Gasteiger partial charge in [-0.05, 0) is 106 Å². The van der Waals surface area contributed by atoms with Gasteiger partial charge in [0.05, 0.1) is 12.6 Å². The SMILES string of the molecule is C/C=C/C[C@@H](C)[C@@H](O)[C@H]1C(=O)N[C@@H](CC)C(=O)N(C)CC(=O)N(C)[C@@H](CC(C)C)C(=O)N[C@@H](C(C)C)C(=O)N(C)[C@@H](CC(C)C)C(=O)N[C@@H](CC(C)C)C(=O)N[C@H](C)C(=O)N(C)[C@@H](CC(C)C)C(=O)N(C)[C@@H](CC(C)C)C(=O)N(C)[C@@H](C(C)C)C(=O)N1C. The molecule has 23 heteroatoms. The normalized spacial score (nSPS) is 26.5. The van der Waals surface area contributed by atoms with Gasteiger partial charge in [0, 0.05) is 49.3 Å². The average molecular weight is 1240 g/mol. The topological polar surface area (TPSA) is 279 Å². The first-order valence-corrected chi connectivity index (χ1v) is 32.0. The minimum absolute atomic E-state index is 0.0224. The Hall–Kier alpha value is -6.13. The molecule has 0 aromatic carbocycles. The lowest BCUT2D eigenvalue weighted by Crippen LogP contribution is -2.63. The second kappa shape index (κ2) is 36.5. The lowest BCUT2D eigenvalue weighted by atomic mass is 9.91. The van der Waals surface area contributed by atoms with Crippen molar-refractivity contribution in [3.63, 3.8) is 0 Å². The summed E-state index contributed by atoms with van der Waals surface area (Å²) in [5.74, 6) is -9.77. The molecule has 12 atom stereocenters. The molecule has 1 rings (SSSR count). The smallest absolute Gasteiger partial charge is 0.246 e. The van der Waals surface area contributed by atoms with E-state index in [0.29, 0.717) is 6.42 Å². The van der Waals surface area contributed by atoms with Crippen LogP contribution < -0.4 is 21.3 Å². The van der Waals surface area contributed by atoms with Crippen LogP contribution in [0.15, 0.2) is 12.2 Å². The Morgan fingerprint density at radius 3 is 1.30 bits per heavy atom. The minimum Gasteiger partial charge on any atom is -0.390 e. The Morgan fingerprint density at radius 2 is 0.852 bits per heavy atom. The van der Waals surface area contributed by atoms with Gasteiger partial charge in [-0.3, -0.25) is 52.7 Å². The van der Waals surface area contributed by atoms with E-state index in [9.17, 15) is 43.5 Å². The molecule has 1 aliphatic heterocycles. The van der Waals surface area contributed by atoms with E-state index in [2.05, 4.69) is 21.3 Å².